The van der Waals surface area contributed by atoms with Gasteiger partial charge >= 0.3 is 0 Å². The number of aromatic hydroxyl groups is 1. The number of hydrogen-bond acceptors (Lipinski definition) is 2. The predicted molar refractivity (Wildman–Crippen MR) is 102 cm³/mol. The Bertz CT molecular complexity index is 921. The van der Waals surface area contributed by atoms with Crippen molar-refractivity contribution in [2.75, 3.05) is 0 Å². The van der Waals surface area contributed by atoms with Gasteiger partial charge in [-0.15, -0.1) is 0 Å². The summed E-state index contributed by atoms with van der Waals surface area (Å²) in [5.74, 6) is -0.146. The number of rotatable bonds is 4. The summed E-state index contributed by atoms with van der Waals surface area (Å²) in [6.07, 6.45) is 0. The number of amides is 1. The molecule has 0 aliphatic rings. The Morgan fingerprint density at radius 3 is 2.40 bits per heavy atom. The number of carbonyl (C=O) groups excluding carboxylic acids is 1. The van der Waals surface area contributed by atoms with E-state index < -0.39 is 6.04 Å². The van der Waals surface area contributed by atoms with Crippen molar-refractivity contribution in [1.82, 2.24) is 5.32 Å². The summed E-state index contributed by atoms with van der Waals surface area (Å²) >= 11 is 6.40. The largest absolute Gasteiger partial charge is 0.508 e. The van der Waals surface area contributed by atoms with Crippen molar-refractivity contribution in [2.45, 2.75) is 19.9 Å². The van der Waals surface area contributed by atoms with Crippen LogP contribution in [0.1, 0.15) is 31.0 Å². The SMILES string of the molecule is CC(C)C(=O)N[C@@H](c1ccccc1Cl)c1c(O)ccc2ccccc12. The molecule has 3 rings (SSSR count). The number of halogens is 1. The minimum absolute atomic E-state index is 0.0998. The molecule has 128 valence electrons. The van der Waals surface area contributed by atoms with Crippen LogP contribution in [0.2, 0.25) is 5.02 Å². The van der Waals surface area contributed by atoms with Crippen molar-refractivity contribution in [3.8, 4) is 5.75 Å². The molecule has 4 heteroatoms. The van der Waals surface area contributed by atoms with Gasteiger partial charge in [0.25, 0.3) is 0 Å². The summed E-state index contributed by atoms with van der Waals surface area (Å²) in [4.78, 5) is 12.4. The molecule has 0 saturated heterocycles. The van der Waals surface area contributed by atoms with Crippen molar-refractivity contribution in [1.29, 1.82) is 0 Å². The minimum atomic E-state index is -0.533. The van der Waals surface area contributed by atoms with Crippen LogP contribution in [-0.2, 0) is 4.79 Å². The summed E-state index contributed by atoms with van der Waals surface area (Å²) in [6, 6.07) is 18.1. The van der Waals surface area contributed by atoms with Crippen molar-refractivity contribution in [3.63, 3.8) is 0 Å². The summed E-state index contributed by atoms with van der Waals surface area (Å²) in [5.41, 5.74) is 1.41. The average molecular weight is 354 g/mol. The lowest BCUT2D eigenvalue weighted by atomic mass is 9.92. The quantitative estimate of drug-likeness (QED) is 0.688. The van der Waals surface area contributed by atoms with E-state index in [9.17, 15) is 9.90 Å². The Kier molecular flexibility index (Phi) is 4.95. The van der Waals surface area contributed by atoms with Crippen LogP contribution < -0.4 is 5.32 Å². The number of nitrogens with one attached hydrogen (secondary N) is 1. The Balaban J connectivity index is 2.24. The zero-order chi connectivity index (χ0) is 18.0. The minimum Gasteiger partial charge on any atom is -0.508 e. The second kappa shape index (κ2) is 7.16. The molecule has 1 atom stereocenters. The second-order valence-corrected chi connectivity index (χ2v) is 6.74. The molecule has 3 aromatic carbocycles. The molecule has 25 heavy (non-hydrogen) atoms. The van der Waals surface area contributed by atoms with Gasteiger partial charge in [0.15, 0.2) is 0 Å². The van der Waals surface area contributed by atoms with Gasteiger partial charge in [0.1, 0.15) is 5.75 Å². The van der Waals surface area contributed by atoms with Crippen LogP contribution in [0.4, 0.5) is 0 Å². The highest BCUT2D eigenvalue weighted by molar-refractivity contribution is 6.31. The summed E-state index contributed by atoms with van der Waals surface area (Å²) in [7, 11) is 0. The van der Waals surface area contributed by atoms with E-state index in [0.29, 0.717) is 10.6 Å². The average Bonchev–Trinajstić information content (AvgIpc) is 2.60. The molecule has 3 aromatic rings. The highest BCUT2D eigenvalue weighted by atomic mass is 35.5. The van der Waals surface area contributed by atoms with Gasteiger partial charge in [-0.1, -0.05) is 74.0 Å². The number of phenols is 1. The maximum absolute atomic E-state index is 12.4. The molecule has 0 saturated carbocycles. The van der Waals surface area contributed by atoms with E-state index >= 15 is 0 Å². The number of benzene rings is 3. The Morgan fingerprint density at radius 2 is 1.68 bits per heavy atom. The zero-order valence-electron chi connectivity index (χ0n) is 14.2. The molecule has 3 nitrogen and oxygen atoms in total. The molecular weight excluding hydrogens is 334 g/mol. The van der Waals surface area contributed by atoms with Gasteiger partial charge in [0, 0.05) is 16.5 Å². The van der Waals surface area contributed by atoms with E-state index in [0.717, 1.165) is 16.3 Å². The van der Waals surface area contributed by atoms with E-state index in [-0.39, 0.29) is 17.6 Å². The third-order valence-electron chi connectivity index (χ3n) is 4.26. The summed E-state index contributed by atoms with van der Waals surface area (Å²) < 4.78 is 0. The van der Waals surface area contributed by atoms with Gasteiger partial charge in [-0.05, 0) is 28.5 Å². The number of hydrogen-bond donors (Lipinski definition) is 2. The van der Waals surface area contributed by atoms with Crippen molar-refractivity contribution < 1.29 is 9.90 Å². The van der Waals surface area contributed by atoms with Gasteiger partial charge in [-0.3, -0.25) is 4.79 Å². The van der Waals surface area contributed by atoms with Gasteiger partial charge in [0.2, 0.25) is 5.91 Å². The number of carbonyl (C=O) groups is 1. The molecular formula is C21H20ClNO2. The molecule has 2 N–H and O–H groups in total. The standard InChI is InChI=1S/C21H20ClNO2/c1-13(2)21(25)23-20(16-9-5-6-10-17(16)22)19-15-8-4-3-7-14(15)11-12-18(19)24/h3-13,20,24H,1-2H3,(H,23,25)/t20-/m0/s1. The molecule has 0 spiro atoms. The topological polar surface area (TPSA) is 49.3 Å². The fraction of sp³-hybridized carbons (Fsp3) is 0.190. The molecule has 0 aliphatic heterocycles. The highest BCUT2D eigenvalue weighted by Gasteiger charge is 2.25. The Hall–Kier alpha value is -2.52. The number of phenolic OH excluding ortho intramolecular Hbond substituents is 1. The molecule has 1 amide bonds. The summed E-state index contributed by atoms with van der Waals surface area (Å²) in [5, 5.41) is 16.1. The molecule has 0 heterocycles. The first-order valence-electron chi connectivity index (χ1n) is 8.24. The second-order valence-electron chi connectivity index (χ2n) is 6.34. The van der Waals surface area contributed by atoms with Crippen LogP contribution in [0.3, 0.4) is 0 Å². The van der Waals surface area contributed by atoms with Crippen LogP contribution in [0.15, 0.2) is 60.7 Å². The van der Waals surface area contributed by atoms with E-state index in [4.69, 9.17) is 11.6 Å². The first kappa shape index (κ1) is 17.3. The van der Waals surface area contributed by atoms with Crippen molar-refractivity contribution in [2.24, 2.45) is 5.92 Å². The van der Waals surface area contributed by atoms with Crippen LogP contribution in [-0.4, -0.2) is 11.0 Å². The number of fused-ring (bicyclic) bond motifs is 1. The molecule has 0 aromatic heterocycles. The van der Waals surface area contributed by atoms with E-state index in [1.807, 2.05) is 62.4 Å². The lowest BCUT2D eigenvalue weighted by molar-refractivity contribution is -0.124. The predicted octanol–water partition coefficient (Wildman–Crippen LogP) is 5.06. The Labute approximate surface area is 152 Å². The van der Waals surface area contributed by atoms with Gasteiger partial charge in [-0.2, -0.15) is 0 Å². The molecule has 0 aliphatic carbocycles. The van der Waals surface area contributed by atoms with E-state index in [1.54, 1.807) is 12.1 Å². The fourth-order valence-corrected chi connectivity index (χ4v) is 3.16. The third-order valence-corrected chi connectivity index (χ3v) is 4.61. The van der Waals surface area contributed by atoms with Crippen molar-refractivity contribution >= 4 is 28.3 Å². The molecule has 0 radical (unpaired) electrons. The monoisotopic (exact) mass is 353 g/mol. The van der Waals surface area contributed by atoms with Crippen molar-refractivity contribution in [3.05, 3.63) is 76.8 Å². The fourth-order valence-electron chi connectivity index (χ4n) is 2.91. The Morgan fingerprint density at radius 1 is 1.00 bits per heavy atom. The first-order valence-corrected chi connectivity index (χ1v) is 8.62. The van der Waals surface area contributed by atoms with Crippen LogP contribution in [0.25, 0.3) is 10.8 Å². The molecule has 0 unspecified atom stereocenters. The maximum Gasteiger partial charge on any atom is 0.223 e. The molecule has 0 fully saturated rings. The van der Waals surface area contributed by atoms with Gasteiger partial charge < -0.3 is 10.4 Å². The van der Waals surface area contributed by atoms with Crippen LogP contribution >= 0.6 is 11.6 Å². The highest BCUT2D eigenvalue weighted by Crippen LogP contribution is 2.38. The van der Waals surface area contributed by atoms with Crippen LogP contribution in [0, 0.1) is 5.92 Å². The maximum atomic E-state index is 12.4. The lowest BCUT2D eigenvalue weighted by Crippen LogP contribution is -2.32. The van der Waals surface area contributed by atoms with Gasteiger partial charge in [-0.25, -0.2) is 0 Å². The normalized spacial score (nSPS) is 12.3. The summed E-state index contributed by atoms with van der Waals surface area (Å²) in [6.45, 7) is 3.67. The lowest BCUT2D eigenvalue weighted by Gasteiger charge is -2.24. The molecule has 0 bridgehead atoms. The third kappa shape index (κ3) is 3.47. The first-order chi connectivity index (χ1) is 12.0. The van der Waals surface area contributed by atoms with E-state index in [1.165, 1.54) is 0 Å². The van der Waals surface area contributed by atoms with Gasteiger partial charge in [0.05, 0.1) is 6.04 Å². The van der Waals surface area contributed by atoms with Crippen LogP contribution in [0.5, 0.6) is 5.75 Å². The smallest absolute Gasteiger partial charge is 0.223 e. The zero-order valence-corrected chi connectivity index (χ0v) is 14.9. The van der Waals surface area contributed by atoms with E-state index in [2.05, 4.69) is 5.32 Å².